The third-order valence-corrected chi connectivity index (χ3v) is 4.11. The molecule has 0 atom stereocenters. The Morgan fingerprint density at radius 1 is 1.04 bits per heavy atom. The highest BCUT2D eigenvalue weighted by Gasteiger charge is 2.12. The van der Waals surface area contributed by atoms with Gasteiger partial charge in [0.25, 0.3) is 0 Å². The highest BCUT2D eigenvalue weighted by atomic mass is 16.5. The van der Waals surface area contributed by atoms with Crippen LogP contribution in [-0.2, 0) is 17.6 Å². The third kappa shape index (κ3) is 3.45. The summed E-state index contributed by atoms with van der Waals surface area (Å²) in [4.78, 5) is 14.9. The SMILES string of the molecule is CCOC(=O)c1cc(CCc2ccc3ccccc3c2)c(C)[nH]1. The van der Waals surface area contributed by atoms with Crippen LogP contribution in [0.4, 0.5) is 0 Å². The van der Waals surface area contributed by atoms with E-state index in [1.165, 1.54) is 21.9 Å². The monoisotopic (exact) mass is 307 g/mol. The largest absolute Gasteiger partial charge is 0.461 e. The summed E-state index contributed by atoms with van der Waals surface area (Å²) in [5, 5.41) is 2.53. The van der Waals surface area contributed by atoms with Crippen LogP contribution in [0.2, 0.25) is 0 Å². The average Bonchev–Trinajstić information content (AvgIpc) is 2.94. The van der Waals surface area contributed by atoms with E-state index in [0.29, 0.717) is 12.3 Å². The lowest BCUT2D eigenvalue weighted by Crippen LogP contribution is -2.04. The number of H-pyrrole nitrogens is 1. The van der Waals surface area contributed by atoms with Gasteiger partial charge in [-0.2, -0.15) is 0 Å². The van der Waals surface area contributed by atoms with Crippen molar-refractivity contribution in [3.05, 3.63) is 71.0 Å². The summed E-state index contributed by atoms with van der Waals surface area (Å²) in [5.74, 6) is -0.285. The first-order valence-corrected chi connectivity index (χ1v) is 8.00. The van der Waals surface area contributed by atoms with Gasteiger partial charge in [0, 0.05) is 5.69 Å². The molecule has 0 spiro atoms. The van der Waals surface area contributed by atoms with Gasteiger partial charge >= 0.3 is 5.97 Å². The van der Waals surface area contributed by atoms with E-state index in [9.17, 15) is 4.79 Å². The van der Waals surface area contributed by atoms with Crippen LogP contribution in [0.1, 0.15) is 34.2 Å². The highest BCUT2D eigenvalue weighted by molar-refractivity contribution is 5.88. The summed E-state index contributed by atoms with van der Waals surface area (Å²) < 4.78 is 5.04. The van der Waals surface area contributed by atoms with Crippen molar-refractivity contribution in [1.82, 2.24) is 4.98 Å². The molecule has 0 aliphatic carbocycles. The molecule has 0 saturated heterocycles. The highest BCUT2D eigenvalue weighted by Crippen LogP contribution is 2.18. The minimum absolute atomic E-state index is 0.285. The van der Waals surface area contributed by atoms with Gasteiger partial charge in [-0.25, -0.2) is 4.79 Å². The summed E-state index contributed by atoms with van der Waals surface area (Å²) in [6.07, 6.45) is 1.85. The number of aromatic nitrogens is 1. The van der Waals surface area contributed by atoms with Crippen molar-refractivity contribution in [3.63, 3.8) is 0 Å². The Morgan fingerprint density at radius 2 is 1.83 bits per heavy atom. The maximum Gasteiger partial charge on any atom is 0.354 e. The van der Waals surface area contributed by atoms with Crippen LogP contribution >= 0.6 is 0 Å². The number of rotatable bonds is 5. The Labute approximate surface area is 136 Å². The van der Waals surface area contributed by atoms with Crippen LogP contribution in [0.5, 0.6) is 0 Å². The number of ether oxygens (including phenoxy) is 1. The Morgan fingerprint density at radius 3 is 2.61 bits per heavy atom. The molecule has 3 rings (SSSR count). The van der Waals surface area contributed by atoms with Crippen molar-refractivity contribution in [1.29, 1.82) is 0 Å². The standard InChI is InChI=1S/C20H21NO2/c1-3-23-20(22)19-13-17(14(2)21-19)11-9-15-8-10-16-6-4-5-7-18(16)12-15/h4-8,10,12-13,21H,3,9,11H2,1-2H3. The van der Waals surface area contributed by atoms with Crippen LogP contribution in [0.25, 0.3) is 10.8 Å². The number of benzene rings is 2. The molecule has 1 aromatic heterocycles. The van der Waals surface area contributed by atoms with Crippen LogP contribution in [-0.4, -0.2) is 17.6 Å². The van der Waals surface area contributed by atoms with Gasteiger partial charge in [0.1, 0.15) is 5.69 Å². The van der Waals surface area contributed by atoms with Gasteiger partial charge in [-0.15, -0.1) is 0 Å². The molecule has 3 heteroatoms. The van der Waals surface area contributed by atoms with Gasteiger partial charge in [-0.3, -0.25) is 0 Å². The summed E-state index contributed by atoms with van der Waals surface area (Å²) >= 11 is 0. The zero-order valence-corrected chi connectivity index (χ0v) is 13.6. The molecule has 0 aliphatic rings. The lowest BCUT2D eigenvalue weighted by Gasteiger charge is -2.04. The normalized spacial score (nSPS) is 10.9. The molecule has 118 valence electrons. The number of esters is 1. The second-order valence-corrected chi connectivity index (χ2v) is 5.74. The predicted octanol–water partition coefficient (Wildman–Crippen LogP) is 4.44. The van der Waals surface area contributed by atoms with Crippen molar-refractivity contribution in [2.45, 2.75) is 26.7 Å². The number of fused-ring (bicyclic) bond motifs is 1. The average molecular weight is 307 g/mol. The fourth-order valence-corrected chi connectivity index (χ4v) is 2.85. The van der Waals surface area contributed by atoms with Crippen molar-refractivity contribution in [2.24, 2.45) is 0 Å². The van der Waals surface area contributed by atoms with E-state index in [1.54, 1.807) is 0 Å². The second-order valence-electron chi connectivity index (χ2n) is 5.74. The molecule has 1 heterocycles. The van der Waals surface area contributed by atoms with Gasteiger partial charge < -0.3 is 9.72 Å². The molecule has 0 radical (unpaired) electrons. The van der Waals surface area contributed by atoms with Gasteiger partial charge in [0.15, 0.2) is 0 Å². The van der Waals surface area contributed by atoms with Crippen LogP contribution < -0.4 is 0 Å². The lowest BCUT2D eigenvalue weighted by atomic mass is 10.0. The Balaban J connectivity index is 1.73. The molecule has 0 amide bonds. The van der Waals surface area contributed by atoms with E-state index in [-0.39, 0.29) is 5.97 Å². The lowest BCUT2D eigenvalue weighted by molar-refractivity contribution is 0.0520. The zero-order valence-electron chi connectivity index (χ0n) is 13.6. The van der Waals surface area contributed by atoms with Crippen LogP contribution in [0, 0.1) is 6.92 Å². The van der Waals surface area contributed by atoms with Crippen LogP contribution in [0.15, 0.2) is 48.5 Å². The van der Waals surface area contributed by atoms with Gasteiger partial charge in [0.2, 0.25) is 0 Å². The molecule has 0 fully saturated rings. The molecule has 0 aliphatic heterocycles. The fourth-order valence-electron chi connectivity index (χ4n) is 2.85. The number of aryl methyl sites for hydroxylation is 3. The van der Waals surface area contributed by atoms with E-state index in [4.69, 9.17) is 4.74 Å². The third-order valence-electron chi connectivity index (χ3n) is 4.11. The molecule has 1 N–H and O–H groups in total. The van der Waals surface area contributed by atoms with Crippen molar-refractivity contribution in [2.75, 3.05) is 6.61 Å². The van der Waals surface area contributed by atoms with Crippen molar-refractivity contribution >= 4 is 16.7 Å². The summed E-state index contributed by atoms with van der Waals surface area (Å²) in [6.45, 7) is 4.20. The first-order chi connectivity index (χ1) is 11.2. The van der Waals surface area contributed by atoms with Gasteiger partial charge in [-0.1, -0.05) is 42.5 Å². The van der Waals surface area contributed by atoms with Gasteiger partial charge in [0.05, 0.1) is 6.61 Å². The Bertz CT molecular complexity index is 833. The number of hydrogen-bond donors (Lipinski definition) is 1. The molecule has 2 aromatic carbocycles. The molecule has 0 saturated carbocycles. The van der Waals surface area contributed by atoms with Crippen molar-refractivity contribution in [3.8, 4) is 0 Å². The fraction of sp³-hybridized carbons (Fsp3) is 0.250. The van der Waals surface area contributed by atoms with Crippen LogP contribution in [0.3, 0.4) is 0 Å². The molecule has 0 unspecified atom stereocenters. The molecular weight excluding hydrogens is 286 g/mol. The topological polar surface area (TPSA) is 42.1 Å². The van der Waals surface area contributed by atoms with Crippen molar-refractivity contribution < 1.29 is 9.53 Å². The van der Waals surface area contributed by atoms with E-state index in [1.807, 2.05) is 19.9 Å². The number of hydrogen-bond acceptors (Lipinski definition) is 2. The summed E-state index contributed by atoms with van der Waals surface area (Å²) in [6, 6.07) is 16.9. The minimum Gasteiger partial charge on any atom is -0.461 e. The Hall–Kier alpha value is -2.55. The quantitative estimate of drug-likeness (QED) is 0.708. The van der Waals surface area contributed by atoms with E-state index < -0.39 is 0 Å². The number of carbonyl (C=O) groups is 1. The minimum atomic E-state index is -0.285. The Kier molecular flexibility index (Phi) is 4.47. The number of aromatic amines is 1. The zero-order chi connectivity index (χ0) is 16.2. The predicted molar refractivity (Wildman–Crippen MR) is 92.8 cm³/mol. The van der Waals surface area contributed by atoms with E-state index >= 15 is 0 Å². The first kappa shape index (κ1) is 15.3. The maximum atomic E-state index is 11.8. The first-order valence-electron chi connectivity index (χ1n) is 8.00. The summed E-state index contributed by atoms with van der Waals surface area (Å²) in [5.41, 5.74) is 4.05. The van der Waals surface area contributed by atoms with Gasteiger partial charge in [-0.05, 0) is 54.7 Å². The molecule has 3 nitrogen and oxygen atoms in total. The maximum absolute atomic E-state index is 11.8. The smallest absolute Gasteiger partial charge is 0.354 e. The molecule has 3 aromatic rings. The summed E-state index contributed by atoms with van der Waals surface area (Å²) in [7, 11) is 0. The van der Waals surface area contributed by atoms with E-state index in [0.717, 1.165) is 18.5 Å². The van der Waals surface area contributed by atoms with E-state index in [2.05, 4.69) is 47.4 Å². The molecular formula is C20H21NO2. The number of nitrogens with one attached hydrogen (secondary N) is 1. The molecule has 23 heavy (non-hydrogen) atoms. The molecule has 0 bridgehead atoms. The second kappa shape index (κ2) is 6.69. The number of carbonyl (C=O) groups excluding carboxylic acids is 1.